The minimum absolute atomic E-state index is 0.552. The summed E-state index contributed by atoms with van der Waals surface area (Å²) in [6, 6.07) is 20.6. The van der Waals surface area contributed by atoms with Crippen molar-refractivity contribution < 1.29 is 9.47 Å². The number of guanidine groups is 1. The SMILES string of the molecule is CN=C(NCCOCc1ccccc1)N1CCC(COCc2ccccc2)C1. The Hall–Kier alpha value is -2.37. The molecule has 1 saturated heterocycles. The quantitative estimate of drug-likeness (QED) is 0.411. The van der Waals surface area contributed by atoms with Crippen molar-refractivity contribution in [3.63, 3.8) is 0 Å². The molecule has 1 atom stereocenters. The van der Waals surface area contributed by atoms with Crippen LogP contribution in [-0.2, 0) is 22.7 Å². The van der Waals surface area contributed by atoms with Gasteiger partial charge in [-0.15, -0.1) is 0 Å². The monoisotopic (exact) mass is 381 g/mol. The molecule has 1 fully saturated rings. The Labute approximate surface area is 168 Å². The number of aliphatic imine (C=N–C) groups is 1. The number of nitrogens with one attached hydrogen (secondary N) is 1. The van der Waals surface area contributed by atoms with Gasteiger partial charge in [0.25, 0.3) is 0 Å². The first-order chi connectivity index (χ1) is 13.8. The van der Waals surface area contributed by atoms with Gasteiger partial charge in [-0.05, 0) is 17.5 Å². The summed E-state index contributed by atoms with van der Waals surface area (Å²) in [6.45, 7) is 5.54. The average molecular weight is 382 g/mol. The van der Waals surface area contributed by atoms with Crippen molar-refractivity contribution in [2.24, 2.45) is 10.9 Å². The van der Waals surface area contributed by atoms with E-state index >= 15 is 0 Å². The van der Waals surface area contributed by atoms with E-state index in [0.717, 1.165) is 38.6 Å². The lowest BCUT2D eigenvalue weighted by Gasteiger charge is -2.21. The molecule has 0 spiro atoms. The van der Waals surface area contributed by atoms with Crippen LogP contribution in [0.25, 0.3) is 0 Å². The molecule has 3 rings (SSSR count). The van der Waals surface area contributed by atoms with Crippen LogP contribution in [0.15, 0.2) is 65.7 Å². The first-order valence-corrected chi connectivity index (χ1v) is 10.0. The zero-order valence-electron chi connectivity index (χ0n) is 16.7. The van der Waals surface area contributed by atoms with Gasteiger partial charge in [0, 0.05) is 32.6 Å². The molecule has 1 N–H and O–H groups in total. The summed E-state index contributed by atoms with van der Waals surface area (Å²) >= 11 is 0. The Bertz CT molecular complexity index is 706. The zero-order valence-corrected chi connectivity index (χ0v) is 16.7. The molecule has 2 aromatic carbocycles. The van der Waals surface area contributed by atoms with E-state index < -0.39 is 0 Å². The summed E-state index contributed by atoms with van der Waals surface area (Å²) in [4.78, 5) is 6.74. The third-order valence-corrected chi connectivity index (χ3v) is 4.90. The Morgan fingerprint density at radius 1 is 1.00 bits per heavy atom. The maximum absolute atomic E-state index is 5.91. The first kappa shape index (κ1) is 20.4. The van der Waals surface area contributed by atoms with Crippen LogP contribution in [0, 0.1) is 5.92 Å². The molecule has 5 heteroatoms. The molecule has 1 unspecified atom stereocenters. The highest BCUT2D eigenvalue weighted by Crippen LogP contribution is 2.17. The van der Waals surface area contributed by atoms with Crippen LogP contribution in [0.4, 0.5) is 0 Å². The van der Waals surface area contributed by atoms with Crippen LogP contribution in [-0.4, -0.2) is 50.8 Å². The molecule has 0 amide bonds. The number of hydrogen-bond acceptors (Lipinski definition) is 3. The lowest BCUT2D eigenvalue weighted by Crippen LogP contribution is -2.41. The molecule has 1 aliphatic heterocycles. The second-order valence-corrected chi connectivity index (χ2v) is 7.11. The third kappa shape index (κ3) is 6.66. The van der Waals surface area contributed by atoms with E-state index in [9.17, 15) is 0 Å². The smallest absolute Gasteiger partial charge is 0.193 e. The maximum atomic E-state index is 5.91. The van der Waals surface area contributed by atoms with Crippen molar-refractivity contribution in [3.8, 4) is 0 Å². The number of hydrogen-bond donors (Lipinski definition) is 1. The topological polar surface area (TPSA) is 46.1 Å². The van der Waals surface area contributed by atoms with E-state index in [2.05, 4.69) is 51.6 Å². The minimum Gasteiger partial charge on any atom is -0.376 e. The molecule has 1 heterocycles. The van der Waals surface area contributed by atoms with Gasteiger partial charge in [-0.3, -0.25) is 4.99 Å². The maximum Gasteiger partial charge on any atom is 0.193 e. The molecule has 0 bridgehead atoms. The molecule has 2 aromatic rings. The average Bonchev–Trinajstić information content (AvgIpc) is 3.21. The van der Waals surface area contributed by atoms with Crippen molar-refractivity contribution in [1.29, 1.82) is 0 Å². The third-order valence-electron chi connectivity index (χ3n) is 4.90. The molecule has 0 radical (unpaired) electrons. The van der Waals surface area contributed by atoms with Gasteiger partial charge in [0.05, 0.1) is 26.4 Å². The zero-order chi connectivity index (χ0) is 19.4. The van der Waals surface area contributed by atoms with Crippen LogP contribution in [0.2, 0.25) is 0 Å². The van der Waals surface area contributed by atoms with Crippen LogP contribution >= 0.6 is 0 Å². The lowest BCUT2D eigenvalue weighted by atomic mass is 10.1. The largest absolute Gasteiger partial charge is 0.376 e. The van der Waals surface area contributed by atoms with Gasteiger partial charge in [-0.25, -0.2) is 0 Å². The van der Waals surface area contributed by atoms with Crippen molar-refractivity contribution in [2.45, 2.75) is 19.6 Å². The van der Waals surface area contributed by atoms with Crippen molar-refractivity contribution >= 4 is 5.96 Å². The number of benzene rings is 2. The van der Waals surface area contributed by atoms with E-state index in [4.69, 9.17) is 9.47 Å². The van der Waals surface area contributed by atoms with E-state index in [1.54, 1.807) is 0 Å². The minimum atomic E-state index is 0.552. The summed E-state index contributed by atoms with van der Waals surface area (Å²) in [5.74, 6) is 1.51. The predicted molar refractivity (Wildman–Crippen MR) is 113 cm³/mol. The van der Waals surface area contributed by atoms with Gasteiger partial charge in [0.15, 0.2) is 5.96 Å². The standard InChI is InChI=1S/C23H31N3O2/c1-24-23(25-13-15-27-17-20-8-4-2-5-9-20)26-14-12-22(16-26)19-28-18-21-10-6-3-7-11-21/h2-11,22H,12-19H2,1H3,(H,24,25). The summed E-state index contributed by atoms with van der Waals surface area (Å²) < 4.78 is 11.7. The van der Waals surface area contributed by atoms with Gasteiger partial charge in [-0.2, -0.15) is 0 Å². The second kappa shape index (κ2) is 11.5. The van der Waals surface area contributed by atoms with E-state index in [-0.39, 0.29) is 0 Å². The van der Waals surface area contributed by atoms with Crippen LogP contribution < -0.4 is 5.32 Å². The molecule has 150 valence electrons. The number of nitrogens with zero attached hydrogens (tertiary/aromatic N) is 2. The van der Waals surface area contributed by atoms with Gasteiger partial charge in [-0.1, -0.05) is 60.7 Å². The van der Waals surface area contributed by atoms with Crippen LogP contribution in [0.3, 0.4) is 0 Å². The second-order valence-electron chi connectivity index (χ2n) is 7.11. The molecule has 0 aromatic heterocycles. The van der Waals surface area contributed by atoms with E-state index in [1.165, 1.54) is 11.1 Å². The Kier molecular flexibility index (Phi) is 8.34. The molecule has 1 aliphatic rings. The van der Waals surface area contributed by atoms with E-state index in [0.29, 0.717) is 25.7 Å². The molecule has 0 aliphatic carbocycles. The van der Waals surface area contributed by atoms with Gasteiger partial charge >= 0.3 is 0 Å². The summed E-state index contributed by atoms with van der Waals surface area (Å²) in [5.41, 5.74) is 2.43. The fourth-order valence-corrected chi connectivity index (χ4v) is 3.41. The van der Waals surface area contributed by atoms with Gasteiger partial charge in [0.2, 0.25) is 0 Å². The Morgan fingerprint density at radius 3 is 2.29 bits per heavy atom. The molecule has 28 heavy (non-hydrogen) atoms. The molecule has 5 nitrogen and oxygen atoms in total. The summed E-state index contributed by atoms with van der Waals surface area (Å²) in [5, 5.41) is 3.41. The predicted octanol–water partition coefficient (Wildman–Crippen LogP) is 3.32. The highest BCUT2D eigenvalue weighted by Gasteiger charge is 2.24. The molecular formula is C23H31N3O2. The lowest BCUT2D eigenvalue weighted by molar-refractivity contribution is 0.0906. The van der Waals surface area contributed by atoms with Gasteiger partial charge in [0.1, 0.15) is 0 Å². The Balaban J connectivity index is 1.30. The molecule has 0 saturated carbocycles. The first-order valence-electron chi connectivity index (χ1n) is 10.0. The number of ether oxygens (including phenoxy) is 2. The molecular weight excluding hydrogens is 350 g/mol. The van der Waals surface area contributed by atoms with Gasteiger partial charge < -0.3 is 19.7 Å². The van der Waals surface area contributed by atoms with Crippen molar-refractivity contribution in [3.05, 3.63) is 71.8 Å². The fourth-order valence-electron chi connectivity index (χ4n) is 3.41. The highest BCUT2D eigenvalue weighted by molar-refractivity contribution is 5.80. The number of likely N-dealkylation sites (tertiary alicyclic amines) is 1. The van der Waals surface area contributed by atoms with Crippen molar-refractivity contribution in [2.75, 3.05) is 39.9 Å². The van der Waals surface area contributed by atoms with Crippen molar-refractivity contribution in [1.82, 2.24) is 10.2 Å². The van der Waals surface area contributed by atoms with Crippen LogP contribution in [0.1, 0.15) is 17.5 Å². The highest BCUT2D eigenvalue weighted by atomic mass is 16.5. The number of rotatable bonds is 9. The summed E-state index contributed by atoms with van der Waals surface area (Å²) in [6.07, 6.45) is 1.14. The van der Waals surface area contributed by atoms with E-state index in [1.807, 2.05) is 31.3 Å². The Morgan fingerprint density at radius 2 is 1.64 bits per heavy atom. The van der Waals surface area contributed by atoms with Crippen LogP contribution in [0.5, 0.6) is 0 Å². The summed E-state index contributed by atoms with van der Waals surface area (Å²) in [7, 11) is 1.84. The fraction of sp³-hybridized carbons (Fsp3) is 0.435. The normalized spacial score (nSPS) is 17.1.